The predicted molar refractivity (Wildman–Crippen MR) is 105 cm³/mol. The number of piperidine rings is 1. The van der Waals surface area contributed by atoms with Crippen molar-refractivity contribution in [3.05, 3.63) is 54.5 Å². The Balaban J connectivity index is 1.60. The molecule has 1 amide bonds. The van der Waals surface area contributed by atoms with E-state index >= 15 is 0 Å². The van der Waals surface area contributed by atoms with Gasteiger partial charge in [0.2, 0.25) is 5.91 Å². The third kappa shape index (κ3) is 4.93. The minimum atomic E-state index is -0.302. The van der Waals surface area contributed by atoms with Crippen LogP contribution in [0.15, 0.2) is 53.2 Å². The van der Waals surface area contributed by atoms with Crippen LogP contribution in [0.2, 0.25) is 0 Å². The largest absolute Gasteiger partial charge is 0.465 e. The summed E-state index contributed by atoms with van der Waals surface area (Å²) in [6, 6.07) is 11.6. The van der Waals surface area contributed by atoms with E-state index in [9.17, 15) is 4.79 Å². The fourth-order valence-corrected chi connectivity index (χ4v) is 3.05. The van der Waals surface area contributed by atoms with Gasteiger partial charge in [-0.3, -0.25) is 10.1 Å². The molecule has 2 heterocycles. The van der Waals surface area contributed by atoms with Crippen LogP contribution in [0.3, 0.4) is 0 Å². The second-order valence-electron chi connectivity index (χ2n) is 5.86. The van der Waals surface area contributed by atoms with Gasteiger partial charge in [-0.05, 0) is 61.8 Å². The van der Waals surface area contributed by atoms with Crippen molar-refractivity contribution in [1.29, 1.82) is 0 Å². The van der Waals surface area contributed by atoms with Gasteiger partial charge in [0.05, 0.1) is 17.6 Å². The van der Waals surface area contributed by atoms with Gasteiger partial charge < -0.3 is 14.6 Å². The van der Waals surface area contributed by atoms with Crippen LogP contribution in [0.4, 0.5) is 11.4 Å². The number of rotatable bonds is 4. The normalized spacial score (nSPS) is 14.5. The Hall–Kier alpha value is -2.60. The van der Waals surface area contributed by atoms with Gasteiger partial charge in [-0.2, -0.15) is 0 Å². The zero-order chi connectivity index (χ0) is 17.5. The lowest BCUT2D eigenvalue weighted by Gasteiger charge is -2.30. The summed E-state index contributed by atoms with van der Waals surface area (Å²) in [7, 11) is 0. The van der Waals surface area contributed by atoms with Crippen molar-refractivity contribution in [3.63, 3.8) is 0 Å². The van der Waals surface area contributed by atoms with E-state index in [0.29, 0.717) is 5.76 Å². The van der Waals surface area contributed by atoms with Gasteiger partial charge in [-0.15, -0.1) is 0 Å². The maximum absolute atomic E-state index is 11.9. The minimum Gasteiger partial charge on any atom is -0.465 e. The molecular weight excluding hydrogens is 334 g/mol. The fraction of sp³-hybridized carbons (Fsp3) is 0.263. The zero-order valence-electron chi connectivity index (χ0n) is 13.9. The summed E-state index contributed by atoms with van der Waals surface area (Å²) < 4.78 is 5.15. The molecule has 6 heteroatoms. The maximum atomic E-state index is 11.9. The highest BCUT2D eigenvalue weighted by molar-refractivity contribution is 7.80. The first-order valence-electron chi connectivity index (χ1n) is 8.40. The summed E-state index contributed by atoms with van der Waals surface area (Å²) in [5.74, 6) is 0.314. The highest BCUT2D eigenvalue weighted by Gasteiger charge is 2.14. The van der Waals surface area contributed by atoms with Crippen LogP contribution < -0.4 is 15.5 Å². The summed E-state index contributed by atoms with van der Waals surface area (Å²) in [6.45, 7) is 2.09. The lowest BCUT2D eigenvalue weighted by atomic mass is 10.1. The summed E-state index contributed by atoms with van der Waals surface area (Å²) in [5.41, 5.74) is 2.02. The first-order valence-corrected chi connectivity index (χ1v) is 8.81. The number of para-hydroxylation sites is 2. The molecule has 0 bridgehead atoms. The molecule has 0 atom stereocenters. The summed E-state index contributed by atoms with van der Waals surface area (Å²) in [6.07, 6.45) is 8.23. The number of amides is 1. The van der Waals surface area contributed by atoms with E-state index in [1.165, 1.54) is 25.3 Å². The lowest BCUT2D eigenvalue weighted by molar-refractivity contribution is -0.115. The topological polar surface area (TPSA) is 57.5 Å². The Morgan fingerprint density at radius 3 is 2.68 bits per heavy atom. The van der Waals surface area contributed by atoms with Crippen molar-refractivity contribution in [2.24, 2.45) is 0 Å². The van der Waals surface area contributed by atoms with E-state index in [2.05, 4.69) is 21.6 Å². The Bertz CT molecular complexity index is 750. The zero-order valence-corrected chi connectivity index (χ0v) is 14.7. The number of anilines is 2. The van der Waals surface area contributed by atoms with Gasteiger partial charge in [-0.1, -0.05) is 12.1 Å². The van der Waals surface area contributed by atoms with E-state index in [1.54, 1.807) is 24.5 Å². The maximum Gasteiger partial charge on any atom is 0.250 e. The first kappa shape index (κ1) is 17.2. The van der Waals surface area contributed by atoms with E-state index < -0.39 is 0 Å². The quantitative estimate of drug-likeness (QED) is 0.645. The van der Waals surface area contributed by atoms with Crippen LogP contribution in [0, 0.1) is 0 Å². The van der Waals surface area contributed by atoms with E-state index in [1.807, 2.05) is 18.2 Å². The SMILES string of the molecule is O=C(C=Cc1ccco1)NC(=S)Nc1ccccc1N1CCCCC1. The van der Waals surface area contributed by atoms with Crippen molar-refractivity contribution >= 4 is 40.7 Å². The number of benzene rings is 1. The van der Waals surface area contributed by atoms with Gasteiger partial charge >= 0.3 is 0 Å². The third-order valence-corrected chi connectivity index (χ3v) is 4.23. The number of carbonyl (C=O) groups is 1. The lowest BCUT2D eigenvalue weighted by Crippen LogP contribution is -2.34. The number of furan rings is 1. The Morgan fingerprint density at radius 1 is 1.12 bits per heavy atom. The Morgan fingerprint density at radius 2 is 1.92 bits per heavy atom. The summed E-state index contributed by atoms with van der Waals surface area (Å²) >= 11 is 5.27. The van der Waals surface area contributed by atoms with Crippen LogP contribution >= 0.6 is 12.2 Å². The highest BCUT2D eigenvalue weighted by atomic mass is 32.1. The first-order chi connectivity index (χ1) is 12.2. The molecule has 5 nitrogen and oxygen atoms in total. The van der Waals surface area contributed by atoms with Crippen LogP contribution in [0.5, 0.6) is 0 Å². The van der Waals surface area contributed by atoms with Gasteiger partial charge in [0.25, 0.3) is 0 Å². The molecule has 0 unspecified atom stereocenters. The molecule has 1 aliphatic heterocycles. The number of nitrogens with zero attached hydrogens (tertiary/aromatic N) is 1. The second-order valence-corrected chi connectivity index (χ2v) is 6.27. The van der Waals surface area contributed by atoms with Gasteiger partial charge in [-0.25, -0.2) is 0 Å². The average Bonchev–Trinajstić information content (AvgIpc) is 3.15. The average molecular weight is 355 g/mol. The van der Waals surface area contributed by atoms with Crippen LogP contribution in [0.1, 0.15) is 25.0 Å². The summed E-state index contributed by atoms with van der Waals surface area (Å²) in [4.78, 5) is 14.3. The molecule has 3 rings (SSSR count). The molecule has 1 saturated heterocycles. The number of nitrogens with one attached hydrogen (secondary N) is 2. The van der Waals surface area contributed by atoms with Crippen LogP contribution in [-0.4, -0.2) is 24.1 Å². The van der Waals surface area contributed by atoms with E-state index in [0.717, 1.165) is 24.5 Å². The van der Waals surface area contributed by atoms with Crippen molar-refractivity contribution < 1.29 is 9.21 Å². The van der Waals surface area contributed by atoms with Gasteiger partial charge in [0.15, 0.2) is 5.11 Å². The number of thiocarbonyl (C=S) groups is 1. The molecular formula is C19H21N3O2S. The molecule has 0 radical (unpaired) electrons. The number of hydrogen-bond donors (Lipinski definition) is 2. The molecule has 25 heavy (non-hydrogen) atoms. The standard InChI is InChI=1S/C19H21N3O2S/c23-18(11-10-15-7-6-14-24-15)21-19(25)20-16-8-2-3-9-17(16)22-12-4-1-5-13-22/h2-3,6-11,14H,1,4-5,12-13H2,(H2,20,21,23,25). The molecule has 1 fully saturated rings. The molecule has 2 N–H and O–H groups in total. The highest BCUT2D eigenvalue weighted by Crippen LogP contribution is 2.28. The molecule has 0 saturated carbocycles. The van der Waals surface area contributed by atoms with Crippen molar-refractivity contribution in [2.75, 3.05) is 23.3 Å². The van der Waals surface area contributed by atoms with Crippen molar-refractivity contribution in [2.45, 2.75) is 19.3 Å². The Kier molecular flexibility index (Phi) is 5.85. The Labute approximate surface area is 152 Å². The molecule has 0 aliphatic carbocycles. The summed E-state index contributed by atoms with van der Waals surface area (Å²) in [5, 5.41) is 6.06. The van der Waals surface area contributed by atoms with Crippen molar-refractivity contribution in [1.82, 2.24) is 5.32 Å². The third-order valence-electron chi connectivity index (χ3n) is 4.03. The predicted octanol–water partition coefficient (Wildman–Crippen LogP) is 3.80. The fourth-order valence-electron chi connectivity index (χ4n) is 2.84. The smallest absolute Gasteiger partial charge is 0.250 e. The van der Waals surface area contributed by atoms with Gasteiger partial charge in [0, 0.05) is 19.2 Å². The molecule has 1 aromatic heterocycles. The second kappa shape index (κ2) is 8.48. The van der Waals surface area contributed by atoms with E-state index in [-0.39, 0.29) is 11.0 Å². The van der Waals surface area contributed by atoms with Gasteiger partial charge in [0.1, 0.15) is 5.76 Å². The van der Waals surface area contributed by atoms with Crippen LogP contribution in [-0.2, 0) is 4.79 Å². The molecule has 1 aliphatic rings. The number of carbonyl (C=O) groups excluding carboxylic acids is 1. The van der Waals surface area contributed by atoms with E-state index in [4.69, 9.17) is 16.6 Å². The number of hydrogen-bond acceptors (Lipinski definition) is 4. The molecule has 2 aromatic rings. The molecule has 1 aromatic carbocycles. The van der Waals surface area contributed by atoms with Crippen LogP contribution in [0.25, 0.3) is 6.08 Å². The molecule has 0 spiro atoms. The van der Waals surface area contributed by atoms with Crippen molar-refractivity contribution in [3.8, 4) is 0 Å². The monoisotopic (exact) mass is 355 g/mol. The minimum absolute atomic E-state index is 0.276. The molecule has 130 valence electrons.